The molecule has 2 heteroatoms. The lowest BCUT2D eigenvalue weighted by molar-refractivity contribution is 1.57. The fourth-order valence-corrected chi connectivity index (χ4v) is 8.73. The van der Waals surface area contributed by atoms with E-state index in [0.717, 1.165) is 0 Å². The van der Waals surface area contributed by atoms with E-state index in [2.05, 4.69) is 203 Å². The smallest absolute Gasteiger partial charge is 0.0215 e. The van der Waals surface area contributed by atoms with Crippen LogP contribution in [-0.2, 0) is 0 Å². The third kappa shape index (κ3) is 4.38. The maximum Gasteiger partial charge on any atom is 0.0215 e. The third-order valence-corrected chi connectivity index (χ3v) is 11.2. The summed E-state index contributed by atoms with van der Waals surface area (Å²) in [5.41, 5.74) is 9.98. The lowest BCUT2D eigenvalue weighted by atomic mass is 9.82. The first kappa shape index (κ1) is 28.0. The van der Waals surface area contributed by atoms with E-state index < -0.39 is 0 Å². The van der Waals surface area contributed by atoms with Crippen LogP contribution >= 0.6 is 45.2 Å². The van der Waals surface area contributed by atoms with Gasteiger partial charge in [-0.2, -0.15) is 0 Å². The molecule has 216 valence electrons. The summed E-state index contributed by atoms with van der Waals surface area (Å²) in [5.74, 6) is 0. The predicted molar refractivity (Wildman–Crippen MR) is 215 cm³/mol. The molecule has 46 heavy (non-hydrogen) atoms. The first-order chi connectivity index (χ1) is 22.7. The lowest BCUT2D eigenvalue weighted by Crippen LogP contribution is -1.96. The van der Waals surface area contributed by atoms with Gasteiger partial charge in [-0.1, -0.05) is 140 Å². The Morgan fingerprint density at radius 1 is 0.261 bits per heavy atom. The Hall–Kier alpha value is -4.26. The van der Waals surface area contributed by atoms with Gasteiger partial charge in [0.1, 0.15) is 0 Å². The molecule has 9 aromatic rings. The fraction of sp³-hybridized carbons (Fsp3) is 0. The maximum atomic E-state index is 2.56. The van der Waals surface area contributed by atoms with Crippen molar-refractivity contribution in [2.75, 3.05) is 0 Å². The summed E-state index contributed by atoms with van der Waals surface area (Å²) >= 11 is 5.07. The SMILES string of the molecule is Ic1ccc2c3c(-c4cc(-c5ccccc5)ccc4-c4ccccc4)cc(I)c4cccc(c5c(-c6ccccc6)ccc1c25)c43. The second-order valence-corrected chi connectivity index (χ2v) is 14.2. The molecule has 0 radical (unpaired) electrons. The summed E-state index contributed by atoms with van der Waals surface area (Å²) in [5, 5.41) is 10.6. The van der Waals surface area contributed by atoms with E-state index >= 15 is 0 Å². The molecule has 0 aliphatic carbocycles. The summed E-state index contributed by atoms with van der Waals surface area (Å²) in [6.07, 6.45) is 0. The summed E-state index contributed by atoms with van der Waals surface area (Å²) in [4.78, 5) is 0. The van der Waals surface area contributed by atoms with Crippen LogP contribution in [0.5, 0.6) is 0 Å². The number of benzene rings is 9. The van der Waals surface area contributed by atoms with Crippen LogP contribution in [0.15, 0.2) is 158 Å². The Bertz CT molecular complexity index is 2570. The highest BCUT2D eigenvalue weighted by Crippen LogP contribution is 2.50. The van der Waals surface area contributed by atoms with E-state index in [1.54, 1.807) is 0 Å². The highest BCUT2D eigenvalue weighted by Gasteiger charge is 2.23. The van der Waals surface area contributed by atoms with Crippen LogP contribution in [0.25, 0.3) is 87.6 Å². The molecule has 0 unspecified atom stereocenters. The largest absolute Gasteiger partial charge is 0.0622 e. The van der Waals surface area contributed by atoms with Gasteiger partial charge < -0.3 is 0 Å². The minimum atomic E-state index is 1.22. The Kier molecular flexibility index (Phi) is 6.83. The second kappa shape index (κ2) is 11.2. The van der Waals surface area contributed by atoms with Crippen LogP contribution in [0.2, 0.25) is 0 Å². The first-order valence-electron chi connectivity index (χ1n) is 15.5. The topological polar surface area (TPSA) is 0 Å². The van der Waals surface area contributed by atoms with Crippen molar-refractivity contribution in [2.24, 2.45) is 0 Å². The van der Waals surface area contributed by atoms with Gasteiger partial charge in [0.25, 0.3) is 0 Å². The molecule has 0 aliphatic heterocycles. The van der Waals surface area contributed by atoms with E-state index in [1.807, 2.05) is 0 Å². The molecular weight excluding hydrogens is 782 g/mol. The number of hydrogen-bond donors (Lipinski definition) is 0. The molecular formula is C44H26I2. The van der Waals surface area contributed by atoms with Crippen molar-refractivity contribution in [3.63, 3.8) is 0 Å². The average molecular weight is 808 g/mol. The van der Waals surface area contributed by atoms with Crippen molar-refractivity contribution in [3.05, 3.63) is 165 Å². The van der Waals surface area contributed by atoms with Gasteiger partial charge in [-0.3, -0.25) is 0 Å². The lowest BCUT2D eigenvalue weighted by Gasteiger charge is -2.22. The number of rotatable bonds is 4. The number of hydrogen-bond acceptors (Lipinski definition) is 0. The molecule has 0 heterocycles. The van der Waals surface area contributed by atoms with Crippen LogP contribution in [0.1, 0.15) is 0 Å². The van der Waals surface area contributed by atoms with Gasteiger partial charge in [0.2, 0.25) is 0 Å². The molecule has 0 saturated heterocycles. The average Bonchev–Trinajstić information content (AvgIpc) is 3.12. The fourth-order valence-electron chi connectivity index (χ4n) is 7.34. The molecule has 0 fully saturated rings. The van der Waals surface area contributed by atoms with Crippen LogP contribution in [-0.4, -0.2) is 0 Å². The molecule has 0 aromatic heterocycles. The van der Waals surface area contributed by atoms with Crippen molar-refractivity contribution < 1.29 is 0 Å². The third-order valence-electron chi connectivity index (χ3n) is 9.37. The molecule has 9 rings (SSSR count). The Labute approximate surface area is 295 Å². The molecule has 0 N–H and O–H groups in total. The normalized spacial score (nSPS) is 11.7. The van der Waals surface area contributed by atoms with Crippen LogP contribution in [0, 0.1) is 7.14 Å². The standard InChI is InChI=1S/C44H26I2/c45-39-24-23-36-43-34(39)22-21-32(29-15-8-3-9-16-29)41(43)35-18-10-17-33-40(46)26-38(44(36)42(33)35)37-25-30(27-11-4-1-5-12-27)19-20-31(37)28-13-6-2-7-14-28/h1-26H. The van der Waals surface area contributed by atoms with Gasteiger partial charge in [-0.25, -0.2) is 0 Å². The zero-order valence-corrected chi connectivity index (χ0v) is 29.1. The minimum absolute atomic E-state index is 1.22. The van der Waals surface area contributed by atoms with Crippen LogP contribution in [0.4, 0.5) is 0 Å². The van der Waals surface area contributed by atoms with Gasteiger partial charge >= 0.3 is 0 Å². The van der Waals surface area contributed by atoms with Crippen molar-refractivity contribution in [2.45, 2.75) is 0 Å². The molecule has 0 amide bonds. The summed E-state index contributed by atoms with van der Waals surface area (Å²) in [6, 6.07) is 58.1. The predicted octanol–water partition coefficient (Wildman–Crippen LogP) is 13.6. The Morgan fingerprint density at radius 2 is 0.783 bits per heavy atom. The molecule has 0 saturated carbocycles. The zero-order chi connectivity index (χ0) is 30.8. The zero-order valence-electron chi connectivity index (χ0n) is 24.8. The summed E-state index contributed by atoms with van der Waals surface area (Å²) in [6.45, 7) is 0. The van der Waals surface area contributed by atoms with Crippen molar-refractivity contribution in [1.29, 1.82) is 0 Å². The molecule has 0 aliphatic rings. The molecule has 0 bridgehead atoms. The van der Waals surface area contributed by atoms with Gasteiger partial charge in [-0.15, -0.1) is 0 Å². The van der Waals surface area contributed by atoms with E-state index in [1.165, 1.54) is 94.7 Å². The van der Waals surface area contributed by atoms with Gasteiger partial charge in [0.15, 0.2) is 0 Å². The maximum absolute atomic E-state index is 2.56. The highest BCUT2D eigenvalue weighted by atomic mass is 127. The van der Waals surface area contributed by atoms with Crippen molar-refractivity contribution in [3.8, 4) is 44.5 Å². The van der Waals surface area contributed by atoms with E-state index in [0.29, 0.717) is 0 Å². The quantitative estimate of drug-likeness (QED) is 0.0944. The van der Waals surface area contributed by atoms with Crippen LogP contribution < -0.4 is 0 Å². The molecule has 0 atom stereocenters. The van der Waals surface area contributed by atoms with Crippen molar-refractivity contribution >= 4 is 88.3 Å². The summed E-state index contributed by atoms with van der Waals surface area (Å²) < 4.78 is 2.54. The number of halogens is 2. The van der Waals surface area contributed by atoms with Crippen LogP contribution in [0.3, 0.4) is 0 Å². The monoisotopic (exact) mass is 808 g/mol. The summed E-state index contributed by atoms with van der Waals surface area (Å²) in [7, 11) is 0. The van der Waals surface area contributed by atoms with E-state index in [-0.39, 0.29) is 0 Å². The Balaban J connectivity index is 1.50. The van der Waals surface area contributed by atoms with Gasteiger partial charge in [-0.05, 0) is 151 Å². The Morgan fingerprint density at radius 3 is 1.48 bits per heavy atom. The highest BCUT2D eigenvalue weighted by molar-refractivity contribution is 14.1. The number of fused-ring (bicyclic) bond motifs is 2. The first-order valence-corrected chi connectivity index (χ1v) is 17.6. The second-order valence-electron chi connectivity index (χ2n) is 11.9. The van der Waals surface area contributed by atoms with Crippen molar-refractivity contribution in [1.82, 2.24) is 0 Å². The minimum Gasteiger partial charge on any atom is -0.0622 e. The van der Waals surface area contributed by atoms with E-state index in [9.17, 15) is 0 Å². The van der Waals surface area contributed by atoms with E-state index in [4.69, 9.17) is 0 Å². The molecule has 9 aromatic carbocycles. The van der Waals surface area contributed by atoms with Gasteiger partial charge in [0.05, 0.1) is 0 Å². The molecule has 0 nitrogen and oxygen atoms in total. The van der Waals surface area contributed by atoms with Gasteiger partial charge in [0, 0.05) is 7.14 Å². The molecule has 0 spiro atoms.